The van der Waals surface area contributed by atoms with Gasteiger partial charge in [-0.3, -0.25) is 4.68 Å². The topological polar surface area (TPSA) is 72.9 Å². The van der Waals surface area contributed by atoms with Gasteiger partial charge < -0.3 is 10.6 Å². The van der Waals surface area contributed by atoms with E-state index in [1.54, 1.807) is 4.68 Å². The van der Waals surface area contributed by atoms with E-state index in [-0.39, 0.29) is 0 Å². The van der Waals surface area contributed by atoms with E-state index >= 15 is 0 Å². The molecule has 4 rings (SSSR count). The Bertz CT molecular complexity index is 904. The molecule has 1 saturated heterocycles. The van der Waals surface area contributed by atoms with E-state index in [1.807, 2.05) is 7.05 Å². The highest BCUT2D eigenvalue weighted by molar-refractivity contribution is 5.98. The second-order valence-electron chi connectivity index (χ2n) is 7.05. The molecule has 2 aromatic heterocycles. The third-order valence-corrected chi connectivity index (χ3v) is 4.97. The van der Waals surface area contributed by atoms with Gasteiger partial charge >= 0.3 is 0 Å². The van der Waals surface area contributed by atoms with Crippen molar-refractivity contribution in [3.63, 3.8) is 0 Å². The lowest BCUT2D eigenvalue weighted by molar-refractivity contribution is 0.785. The molecule has 1 aliphatic rings. The maximum Gasteiger partial charge on any atom is 0.228 e. The van der Waals surface area contributed by atoms with Crippen LogP contribution >= 0.6 is 0 Å². The molecule has 2 N–H and O–H groups in total. The summed E-state index contributed by atoms with van der Waals surface area (Å²) in [4.78, 5) is 11.8. The van der Waals surface area contributed by atoms with Crippen molar-refractivity contribution >= 4 is 22.8 Å². The van der Waals surface area contributed by atoms with Crippen LogP contribution in [0.15, 0.2) is 24.3 Å². The fraction of sp³-hybridized carbons (Fsp3) is 0.421. The Labute approximate surface area is 147 Å². The molecule has 6 heteroatoms. The lowest BCUT2D eigenvalue weighted by Gasteiger charge is -2.16. The molecule has 0 unspecified atom stereocenters. The Kier molecular flexibility index (Phi) is 3.82. The van der Waals surface area contributed by atoms with E-state index in [9.17, 15) is 0 Å². The van der Waals surface area contributed by atoms with Crippen LogP contribution in [0.5, 0.6) is 0 Å². The number of rotatable bonds is 3. The second-order valence-corrected chi connectivity index (χ2v) is 7.05. The summed E-state index contributed by atoms with van der Waals surface area (Å²) in [5, 5.41) is 5.33. The largest absolute Gasteiger partial charge is 0.383 e. The monoisotopic (exact) mass is 336 g/mol. The maximum atomic E-state index is 6.26. The molecular formula is C19H24N6. The molecule has 0 radical (unpaired) electrons. The predicted molar refractivity (Wildman–Crippen MR) is 102 cm³/mol. The third kappa shape index (κ3) is 2.71. The van der Waals surface area contributed by atoms with Crippen LogP contribution in [0, 0.1) is 0 Å². The van der Waals surface area contributed by atoms with Gasteiger partial charge in [0.1, 0.15) is 5.82 Å². The number of nitrogen functional groups attached to an aromatic ring is 1. The van der Waals surface area contributed by atoms with Crippen molar-refractivity contribution in [2.75, 3.05) is 23.7 Å². The van der Waals surface area contributed by atoms with Crippen LogP contribution in [0.3, 0.4) is 0 Å². The molecule has 3 heterocycles. The number of fused-ring (bicyclic) bond motifs is 1. The number of nitrogens with zero attached hydrogens (tertiary/aromatic N) is 5. The van der Waals surface area contributed by atoms with Crippen LogP contribution in [0.1, 0.15) is 38.2 Å². The molecule has 1 fully saturated rings. The summed E-state index contributed by atoms with van der Waals surface area (Å²) < 4.78 is 1.68. The van der Waals surface area contributed by atoms with Gasteiger partial charge in [-0.1, -0.05) is 38.1 Å². The lowest BCUT2D eigenvalue weighted by atomic mass is 10.00. The minimum atomic E-state index is 0.503. The Balaban J connectivity index is 1.90. The minimum Gasteiger partial charge on any atom is -0.383 e. The Hall–Kier alpha value is -2.63. The molecule has 1 aromatic carbocycles. The summed E-state index contributed by atoms with van der Waals surface area (Å²) >= 11 is 0. The Morgan fingerprint density at radius 3 is 2.36 bits per heavy atom. The molecule has 1 aliphatic heterocycles. The van der Waals surface area contributed by atoms with Gasteiger partial charge in [0.05, 0.1) is 11.1 Å². The highest BCUT2D eigenvalue weighted by Crippen LogP contribution is 2.33. The highest BCUT2D eigenvalue weighted by atomic mass is 15.3. The van der Waals surface area contributed by atoms with Crippen molar-refractivity contribution in [2.24, 2.45) is 7.05 Å². The number of aryl methyl sites for hydroxylation is 1. The number of aromatic nitrogens is 4. The van der Waals surface area contributed by atoms with Gasteiger partial charge in [0.2, 0.25) is 5.95 Å². The third-order valence-electron chi connectivity index (χ3n) is 4.97. The fourth-order valence-electron chi connectivity index (χ4n) is 3.40. The van der Waals surface area contributed by atoms with Crippen molar-refractivity contribution in [1.82, 2.24) is 19.7 Å². The Morgan fingerprint density at radius 2 is 1.72 bits per heavy atom. The molecule has 6 nitrogen and oxygen atoms in total. The molecule has 130 valence electrons. The van der Waals surface area contributed by atoms with E-state index < -0.39 is 0 Å². The smallest absolute Gasteiger partial charge is 0.228 e. The summed E-state index contributed by atoms with van der Waals surface area (Å²) in [6.45, 7) is 6.39. The summed E-state index contributed by atoms with van der Waals surface area (Å²) in [5.74, 6) is 1.86. The fourth-order valence-corrected chi connectivity index (χ4v) is 3.40. The number of hydrogen-bond acceptors (Lipinski definition) is 5. The van der Waals surface area contributed by atoms with Crippen molar-refractivity contribution in [3.05, 3.63) is 29.8 Å². The second kappa shape index (κ2) is 6.02. The first kappa shape index (κ1) is 15.9. The van der Waals surface area contributed by atoms with Gasteiger partial charge in [0.15, 0.2) is 5.65 Å². The van der Waals surface area contributed by atoms with Gasteiger partial charge in [-0.2, -0.15) is 10.1 Å². The quantitative estimate of drug-likeness (QED) is 0.794. The van der Waals surface area contributed by atoms with Gasteiger partial charge in [0.25, 0.3) is 0 Å². The van der Waals surface area contributed by atoms with Crippen molar-refractivity contribution in [1.29, 1.82) is 0 Å². The van der Waals surface area contributed by atoms with Crippen molar-refractivity contribution in [2.45, 2.75) is 32.6 Å². The average molecular weight is 336 g/mol. The lowest BCUT2D eigenvalue weighted by Crippen LogP contribution is -2.20. The molecule has 3 aromatic rings. The van der Waals surface area contributed by atoms with Crippen LogP contribution in [0.2, 0.25) is 0 Å². The number of anilines is 2. The molecule has 0 amide bonds. The zero-order valence-corrected chi connectivity index (χ0v) is 15.0. The van der Waals surface area contributed by atoms with E-state index in [0.717, 1.165) is 35.7 Å². The van der Waals surface area contributed by atoms with Crippen LogP contribution < -0.4 is 10.6 Å². The normalized spacial score (nSPS) is 14.8. The number of benzene rings is 1. The van der Waals surface area contributed by atoms with Gasteiger partial charge in [0, 0.05) is 25.7 Å². The maximum absolute atomic E-state index is 6.26. The summed E-state index contributed by atoms with van der Waals surface area (Å²) in [6.07, 6.45) is 2.37. The zero-order valence-electron chi connectivity index (χ0n) is 15.0. The van der Waals surface area contributed by atoms with E-state index in [0.29, 0.717) is 17.4 Å². The highest BCUT2D eigenvalue weighted by Gasteiger charge is 2.21. The average Bonchev–Trinajstić information content (AvgIpc) is 3.23. The first-order valence-electron chi connectivity index (χ1n) is 8.90. The predicted octanol–water partition coefficient (Wildman–Crippen LogP) is 3.34. The van der Waals surface area contributed by atoms with E-state index in [1.165, 1.54) is 18.4 Å². The number of nitrogens with two attached hydrogens (primary N) is 1. The molecule has 0 atom stereocenters. The van der Waals surface area contributed by atoms with E-state index in [4.69, 9.17) is 10.7 Å². The molecule has 0 saturated carbocycles. The first-order valence-corrected chi connectivity index (χ1v) is 8.90. The summed E-state index contributed by atoms with van der Waals surface area (Å²) in [7, 11) is 1.85. The van der Waals surface area contributed by atoms with Gasteiger partial charge in [-0.05, 0) is 24.3 Å². The van der Waals surface area contributed by atoms with Gasteiger partial charge in [-0.15, -0.1) is 0 Å². The SMILES string of the molecule is CC(C)c1ccc(-c2nc(N3CCCC3)nc3nn(C)c(N)c23)cc1. The first-order chi connectivity index (χ1) is 12.0. The summed E-state index contributed by atoms with van der Waals surface area (Å²) in [5.41, 5.74) is 10.2. The minimum absolute atomic E-state index is 0.503. The van der Waals surface area contributed by atoms with E-state index in [2.05, 4.69) is 53.1 Å². The molecule has 0 aliphatic carbocycles. The van der Waals surface area contributed by atoms with Crippen LogP contribution in [0.25, 0.3) is 22.3 Å². The molecule has 25 heavy (non-hydrogen) atoms. The molecule has 0 bridgehead atoms. The van der Waals surface area contributed by atoms with Crippen LogP contribution in [-0.4, -0.2) is 32.8 Å². The van der Waals surface area contributed by atoms with Crippen molar-refractivity contribution in [3.8, 4) is 11.3 Å². The van der Waals surface area contributed by atoms with Crippen molar-refractivity contribution < 1.29 is 0 Å². The zero-order chi connectivity index (χ0) is 17.6. The molecule has 0 spiro atoms. The standard InChI is InChI=1S/C19H24N6/c1-12(2)13-6-8-14(9-7-13)16-15-17(20)24(3)23-18(15)22-19(21-16)25-10-4-5-11-25/h6-9,12H,4-5,10-11,20H2,1-3H3. The summed E-state index contributed by atoms with van der Waals surface area (Å²) in [6, 6.07) is 8.57. The van der Waals surface area contributed by atoms with Crippen LogP contribution in [-0.2, 0) is 7.05 Å². The molecular weight excluding hydrogens is 312 g/mol. The number of hydrogen-bond donors (Lipinski definition) is 1. The van der Waals surface area contributed by atoms with Gasteiger partial charge in [-0.25, -0.2) is 4.98 Å². The van der Waals surface area contributed by atoms with Crippen LogP contribution in [0.4, 0.5) is 11.8 Å². The Morgan fingerprint density at radius 1 is 1.04 bits per heavy atom.